The van der Waals surface area contributed by atoms with Gasteiger partial charge in [-0.2, -0.15) is 0 Å². The van der Waals surface area contributed by atoms with E-state index in [-0.39, 0.29) is 27.8 Å². The lowest BCUT2D eigenvalue weighted by molar-refractivity contribution is -0.145. The Morgan fingerprint density at radius 2 is 1.75 bits per heavy atom. The van der Waals surface area contributed by atoms with Gasteiger partial charge in [0.2, 0.25) is 0 Å². The molecule has 0 unspecified atom stereocenters. The van der Waals surface area contributed by atoms with Gasteiger partial charge in [-0.15, -0.1) is 0 Å². The molecule has 0 bridgehead atoms. The third-order valence-corrected chi connectivity index (χ3v) is 4.08. The molecule has 7 nitrogen and oxygen atoms in total. The minimum absolute atomic E-state index is 0.106. The maximum absolute atomic E-state index is 12.3. The summed E-state index contributed by atoms with van der Waals surface area (Å²) in [5.74, 6) is -1.41. The molecular weight excluding hydrogens is 359 g/mol. The van der Waals surface area contributed by atoms with Crippen molar-refractivity contribution in [3.8, 4) is 0 Å². The van der Waals surface area contributed by atoms with Gasteiger partial charge < -0.3 is 9.26 Å². The van der Waals surface area contributed by atoms with Crippen molar-refractivity contribution >= 4 is 41.0 Å². The van der Waals surface area contributed by atoms with Gasteiger partial charge in [0.1, 0.15) is 24.6 Å². The summed E-state index contributed by atoms with van der Waals surface area (Å²) in [6.45, 7) is 1.07. The average Bonchev–Trinajstić information content (AvgIpc) is 3.04. The molecular formula is C15H10Cl2N2O5. The van der Waals surface area contributed by atoms with E-state index in [9.17, 15) is 14.4 Å². The van der Waals surface area contributed by atoms with Crippen LogP contribution in [0, 0.1) is 6.92 Å². The van der Waals surface area contributed by atoms with Crippen LogP contribution >= 0.6 is 23.2 Å². The van der Waals surface area contributed by atoms with Crippen LogP contribution in [0.5, 0.6) is 0 Å². The SMILES string of the molecule is Cc1cc(COC(=O)CN2C(=O)c3cc(Cl)c(Cl)cc3C2=O)no1. The molecule has 2 amide bonds. The van der Waals surface area contributed by atoms with E-state index in [0.717, 1.165) is 4.90 Å². The number of hydrogen-bond donors (Lipinski definition) is 0. The van der Waals surface area contributed by atoms with Crippen LogP contribution in [0.15, 0.2) is 22.7 Å². The Morgan fingerprint density at radius 1 is 1.17 bits per heavy atom. The quantitative estimate of drug-likeness (QED) is 0.608. The number of imide groups is 1. The van der Waals surface area contributed by atoms with Crippen molar-refractivity contribution in [2.24, 2.45) is 0 Å². The minimum Gasteiger partial charge on any atom is -0.458 e. The van der Waals surface area contributed by atoms with Crippen molar-refractivity contribution in [2.75, 3.05) is 6.54 Å². The van der Waals surface area contributed by atoms with Crippen LogP contribution in [-0.4, -0.2) is 34.4 Å². The zero-order valence-corrected chi connectivity index (χ0v) is 13.8. The maximum Gasteiger partial charge on any atom is 0.326 e. The molecule has 0 radical (unpaired) electrons. The number of carbonyl (C=O) groups excluding carboxylic acids is 3. The van der Waals surface area contributed by atoms with E-state index in [1.165, 1.54) is 12.1 Å². The second-order valence-corrected chi connectivity index (χ2v) is 5.91. The van der Waals surface area contributed by atoms with Crippen LogP contribution in [0.1, 0.15) is 32.2 Å². The van der Waals surface area contributed by atoms with Gasteiger partial charge in [0, 0.05) is 6.07 Å². The molecule has 0 aliphatic carbocycles. The van der Waals surface area contributed by atoms with E-state index in [4.69, 9.17) is 32.5 Å². The zero-order valence-electron chi connectivity index (χ0n) is 12.3. The molecule has 1 aromatic carbocycles. The van der Waals surface area contributed by atoms with Crippen molar-refractivity contribution in [2.45, 2.75) is 13.5 Å². The fourth-order valence-corrected chi connectivity index (χ4v) is 2.57. The summed E-state index contributed by atoms with van der Waals surface area (Å²) in [5, 5.41) is 3.98. The second kappa shape index (κ2) is 6.26. The van der Waals surface area contributed by atoms with Crippen LogP contribution in [-0.2, 0) is 16.1 Å². The number of aryl methyl sites for hydroxylation is 1. The summed E-state index contributed by atoms with van der Waals surface area (Å²) in [6, 6.07) is 4.23. The van der Waals surface area contributed by atoms with E-state index in [1.807, 2.05) is 0 Å². The smallest absolute Gasteiger partial charge is 0.326 e. The summed E-state index contributed by atoms with van der Waals surface area (Å²) in [7, 11) is 0. The zero-order chi connectivity index (χ0) is 17.4. The third kappa shape index (κ3) is 3.00. The van der Waals surface area contributed by atoms with E-state index in [0.29, 0.717) is 11.5 Å². The predicted octanol–water partition coefficient (Wildman–Crippen LogP) is 2.63. The molecule has 24 heavy (non-hydrogen) atoms. The molecule has 124 valence electrons. The summed E-state index contributed by atoms with van der Waals surface area (Å²) in [5.41, 5.74) is 0.644. The lowest BCUT2D eigenvalue weighted by atomic mass is 10.1. The molecule has 0 atom stereocenters. The Kier molecular flexibility index (Phi) is 4.29. The molecule has 9 heteroatoms. The Labute approximate surface area is 146 Å². The molecule has 3 rings (SSSR count). The summed E-state index contributed by atoms with van der Waals surface area (Å²) in [4.78, 5) is 37.2. The number of nitrogens with zero attached hydrogens (tertiary/aromatic N) is 2. The average molecular weight is 369 g/mol. The molecule has 2 aromatic rings. The molecule has 1 aliphatic heterocycles. The molecule has 0 N–H and O–H groups in total. The van der Waals surface area contributed by atoms with Gasteiger partial charge in [0.05, 0.1) is 21.2 Å². The molecule has 0 saturated carbocycles. The van der Waals surface area contributed by atoms with Gasteiger partial charge in [-0.1, -0.05) is 28.4 Å². The van der Waals surface area contributed by atoms with Gasteiger partial charge in [-0.3, -0.25) is 19.3 Å². The predicted molar refractivity (Wildman–Crippen MR) is 82.9 cm³/mol. The maximum atomic E-state index is 12.3. The molecule has 2 heterocycles. The fourth-order valence-electron chi connectivity index (χ4n) is 2.24. The van der Waals surface area contributed by atoms with Gasteiger partial charge >= 0.3 is 5.97 Å². The van der Waals surface area contributed by atoms with E-state index >= 15 is 0 Å². The van der Waals surface area contributed by atoms with E-state index in [2.05, 4.69) is 5.16 Å². The van der Waals surface area contributed by atoms with Gasteiger partial charge in [0.25, 0.3) is 11.8 Å². The van der Waals surface area contributed by atoms with Gasteiger partial charge in [-0.25, -0.2) is 0 Å². The summed E-state index contributed by atoms with van der Waals surface area (Å²) >= 11 is 11.7. The van der Waals surface area contributed by atoms with Crippen molar-refractivity contribution in [3.63, 3.8) is 0 Å². The fraction of sp³-hybridized carbons (Fsp3) is 0.200. The third-order valence-electron chi connectivity index (χ3n) is 3.36. The highest BCUT2D eigenvalue weighted by Gasteiger charge is 2.37. The van der Waals surface area contributed by atoms with Crippen molar-refractivity contribution in [3.05, 3.63) is 50.8 Å². The van der Waals surface area contributed by atoms with Crippen LogP contribution in [0.4, 0.5) is 0 Å². The highest BCUT2D eigenvalue weighted by atomic mass is 35.5. The summed E-state index contributed by atoms with van der Waals surface area (Å²) in [6.07, 6.45) is 0. The number of aromatic nitrogens is 1. The Hall–Kier alpha value is -2.38. The Balaban J connectivity index is 1.68. The Bertz CT molecular complexity index is 821. The number of carbonyl (C=O) groups is 3. The molecule has 0 spiro atoms. The number of rotatable bonds is 4. The van der Waals surface area contributed by atoms with Crippen LogP contribution in [0.3, 0.4) is 0 Å². The van der Waals surface area contributed by atoms with Crippen molar-refractivity contribution < 1.29 is 23.6 Å². The monoisotopic (exact) mass is 368 g/mol. The molecule has 0 fully saturated rings. The first-order chi connectivity index (χ1) is 11.4. The first-order valence-electron chi connectivity index (χ1n) is 6.80. The first kappa shape index (κ1) is 16.5. The number of esters is 1. The van der Waals surface area contributed by atoms with Gasteiger partial charge in [-0.05, 0) is 19.1 Å². The lowest BCUT2D eigenvalue weighted by Gasteiger charge is -2.12. The lowest BCUT2D eigenvalue weighted by Crippen LogP contribution is -2.35. The number of amides is 2. The normalized spacial score (nSPS) is 13.4. The largest absolute Gasteiger partial charge is 0.458 e. The highest BCUT2D eigenvalue weighted by molar-refractivity contribution is 6.43. The molecule has 1 aromatic heterocycles. The molecule has 1 aliphatic rings. The number of hydrogen-bond acceptors (Lipinski definition) is 6. The van der Waals surface area contributed by atoms with Crippen LogP contribution in [0.2, 0.25) is 10.0 Å². The Morgan fingerprint density at radius 3 is 2.25 bits per heavy atom. The number of benzene rings is 1. The van der Waals surface area contributed by atoms with Crippen molar-refractivity contribution in [1.82, 2.24) is 10.1 Å². The standard InChI is InChI=1S/C15H10Cl2N2O5/c1-7-2-8(18-24-7)6-23-13(20)5-19-14(21)9-3-11(16)12(17)4-10(9)15(19)22/h2-4H,5-6H2,1H3. The van der Waals surface area contributed by atoms with E-state index in [1.54, 1.807) is 13.0 Å². The second-order valence-electron chi connectivity index (χ2n) is 5.10. The van der Waals surface area contributed by atoms with Gasteiger partial charge in [0.15, 0.2) is 0 Å². The number of halogens is 2. The van der Waals surface area contributed by atoms with Crippen LogP contribution in [0.25, 0.3) is 0 Å². The summed E-state index contributed by atoms with van der Waals surface area (Å²) < 4.78 is 9.83. The minimum atomic E-state index is -0.748. The number of ether oxygens (including phenoxy) is 1. The van der Waals surface area contributed by atoms with Crippen molar-refractivity contribution in [1.29, 1.82) is 0 Å². The topological polar surface area (TPSA) is 89.7 Å². The van der Waals surface area contributed by atoms with E-state index < -0.39 is 24.3 Å². The highest BCUT2D eigenvalue weighted by Crippen LogP contribution is 2.31. The number of fused-ring (bicyclic) bond motifs is 1. The first-order valence-corrected chi connectivity index (χ1v) is 7.55. The van der Waals surface area contributed by atoms with Crippen LogP contribution < -0.4 is 0 Å². The molecule has 0 saturated heterocycles.